The Hall–Kier alpha value is -3.10. The largest absolute Gasteiger partial charge is 0.383 e. The van der Waals surface area contributed by atoms with Crippen molar-refractivity contribution < 1.29 is 13.6 Å². The summed E-state index contributed by atoms with van der Waals surface area (Å²) in [5.41, 5.74) is 10.1. The zero-order chi connectivity index (χ0) is 19.4. The van der Waals surface area contributed by atoms with Crippen LogP contribution in [0.3, 0.4) is 0 Å². The first-order valence-electron chi connectivity index (χ1n) is 8.08. The van der Waals surface area contributed by atoms with Gasteiger partial charge in [-0.2, -0.15) is 0 Å². The second-order valence-electron chi connectivity index (χ2n) is 5.93. The Morgan fingerprint density at radius 1 is 1.07 bits per heavy atom. The van der Waals surface area contributed by atoms with Gasteiger partial charge in [0.2, 0.25) is 5.91 Å². The van der Waals surface area contributed by atoms with Crippen molar-refractivity contribution in [3.63, 3.8) is 0 Å². The number of nitrogens with zero attached hydrogens (tertiary/aromatic N) is 2. The average Bonchev–Trinajstić information content (AvgIpc) is 2.63. The second kappa shape index (κ2) is 8.07. The monoisotopic (exact) mass is 382 g/mol. The van der Waals surface area contributed by atoms with Crippen molar-refractivity contribution in [3.05, 3.63) is 60.4 Å². The number of hydrogen-bond donors (Lipinski definition) is 3. The van der Waals surface area contributed by atoms with Crippen molar-refractivity contribution in [3.8, 4) is 22.3 Å². The van der Waals surface area contributed by atoms with Crippen LogP contribution in [0.15, 0.2) is 54.9 Å². The molecule has 0 aliphatic heterocycles. The number of pyridine rings is 2. The van der Waals surface area contributed by atoms with Gasteiger partial charge in [0, 0.05) is 36.0 Å². The third kappa shape index (κ3) is 4.75. The minimum Gasteiger partial charge on any atom is -0.383 e. The lowest BCUT2D eigenvalue weighted by atomic mass is 10.0. The molecule has 0 spiro atoms. The smallest absolute Gasteiger partial charge is 0.222 e. The molecule has 8 heteroatoms. The summed E-state index contributed by atoms with van der Waals surface area (Å²) >= 11 is -1.87. The highest BCUT2D eigenvalue weighted by Gasteiger charge is 2.09. The zero-order valence-electron chi connectivity index (χ0n) is 14.5. The Morgan fingerprint density at radius 3 is 2.33 bits per heavy atom. The molecule has 1 atom stereocenters. The number of amides is 1. The van der Waals surface area contributed by atoms with E-state index in [1.807, 2.05) is 36.4 Å². The summed E-state index contributed by atoms with van der Waals surface area (Å²) in [5, 5.41) is 2.62. The van der Waals surface area contributed by atoms with E-state index < -0.39 is 11.1 Å². The van der Waals surface area contributed by atoms with Gasteiger partial charge in [-0.05, 0) is 29.3 Å². The molecule has 0 saturated carbocycles. The number of rotatable bonds is 5. The molecule has 0 bridgehead atoms. The van der Waals surface area contributed by atoms with Gasteiger partial charge in [0.05, 0.1) is 5.75 Å². The van der Waals surface area contributed by atoms with Crippen molar-refractivity contribution in [1.29, 1.82) is 0 Å². The van der Waals surface area contributed by atoms with Crippen LogP contribution in [0.4, 0.5) is 11.6 Å². The molecule has 2 aromatic heterocycles. The molecule has 2 heterocycles. The van der Waals surface area contributed by atoms with E-state index in [-0.39, 0.29) is 11.7 Å². The van der Waals surface area contributed by atoms with Crippen LogP contribution in [0.1, 0.15) is 12.5 Å². The van der Waals surface area contributed by atoms with Gasteiger partial charge in [0.1, 0.15) is 11.6 Å². The predicted molar refractivity (Wildman–Crippen MR) is 106 cm³/mol. The van der Waals surface area contributed by atoms with Gasteiger partial charge in [-0.1, -0.05) is 24.3 Å². The first-order chi connectivity index (χ1) is 12.9. The average molecular weight is 382 g/mol. The summed E-state index contributed by atoms with van der Waals surface area (Å²) in [6.07, 6.45) is 3.30. The lowest BCUT2D eigenvalue weighted by molar-refractivity contribution is -0.114. The van der Waals surface area contributed by atoms with Crippen molar-refractivity contribution in [2.75, 3.05) is 11.1 Å². The van der Waals surface area contributed by atoms with Crippen LogP contribution in [0.25, 0.3) is 22.3 Å². The minimum absolute atomic E-state index is 0.0951. The van der Waals surface area contributed by atoms with E-state index in [0.29, 0.717) is 11.6 Å². The van der Waals surface area contributed by atoms with E-state index in [2.05, 4.69) is 15.3 Å². The molecular formula is C19H18N4O3S. The molecule has 1 amide bonds. The van der Waals surface area contributed by atoms with Crippen LogP contribution in [0, 0.1) is 0 Å². The van der Waals surface area contributed by atoms with Crippen LogP contribution < -0.4 is 11.1 Å². The van der Waals surface area contributed by atoms with Crippen molar-refractivity contribution in [2.24, 2.45) is 0 Å². The van der Waals surface area contributed by atoms with Crippen LogP contribution in [0.2, 0.25) is 0 Å². The van der Waals surface area contributed by atoms with Crippen molar-refractivity contribution in [1.82, 2.24) is 9.97 Å². The van der Waals surface area contributed by atoms with Crippen LogP contribution in [0.5, 0.6) is 0 Å². The zero-order valence-corrected chi connectivity index (χ0v) is 15.4. The molecule has 0 fully saturated rings. The minimum atomic E-state index is -1.87. The third-order valence-electron chi connectivity index (χ3n) is 3.87. The summed E-state index contributed by atoms with van der Waals surface area (Å²) in [6, 6.07) is 12.8. The van der Waals surface area contributed by atoms with Gasteiger partial charge < -0.3 is 15.6 Å². The SMILES string of the molecule is CC(=O)Nc1ccc(-c2cc(-c3ccc(CS(=O)O)cc3)cnc2N)cn1. The van der Waals surface area contributed by atoms with Gasteiger partial charge in [0.15, 0.2) is 11.1 Å². The number of nitrogens with two attached hydrogens (primary N) is 1. The number of benzene rings is 1. The van der Waals surface area contributed by atoms with E-state index in [9.17, 15) is 9.00 Å². The molecule has 0 radical (unpaired) electrons. The maximum atomic E-state index is 11.1. The molecule has 3 aromatic rings. The number of nitrogen functional groups attached to an aromatic ring is 1. The maximum Gasteiger partial charge on any atom is 0.222 e. The summed E-state index contributed by atoms with van der Waals surface area (Å²) in [5.74, 6) is 0.746. The van der Waals surface area contributed by atoms with Crippen LogP contribution in [-0.2, 0) is 21.6 Å². The van der Waals surface area contributed by atoms with E-state index in [4.69, 9.17) is 10.3 Å². The van der Waals surface area contributed by atoms with Gasteiger partial charge in [-0.3, -0.25) is 4.79 Å². The summed E-state index contributed by atoms with van der Waals surface area (Å²) < 4.78 is 19.9. The maximum absolute atomic E-state index is 11.1. The van der Waals surface area contributed by atoms with Gasteiger partial charge in [0.25, 0.3) is 0 Å². The molecule has 27 heavy (non-hydrogen) atoms. The second-order valence-corrected chi connectivity index (χ2v) is 6.86. The number of carbonyl (C=O) groups excluding carboxylic acids is 1. The number of anilines is 2. The van der Waals surface area contributed by atoms with E-state index in [1.165, 1.54) is 6.92 Å². The van der Waals surface area contributed by atoms with Crippen molar-refractivity contribution in [2.45, 2.75) is 12.7 Å². The summed E-state index contributed by atoms with van der Waals surface area (Å²) in [4.78, 5) is 19.6. The Morgan fingerprint density at radius 2 is 1.74 bits per heavy atom. The molecule has 0 aliphatic carbocycles. The van der Waals surface area contributed by atoms with E-state index in [1.54, 1.807) is 18.5 Å². The summed E-state index contributed by atoms with van der Waals surface area (Å²) in [7, 11) is 0. The van der Waals surface area contributed by atoms with Crippen LogP contribution in [-0.4, -0.2) is 24.6 Å². The molecule has 1 unspecified atom stereocenters. The first-order valence-corrected chi connectivity index (χ1v) is 9.36. The van der Waals surface area contributed by atoms with E-state index in [0.717, 1.165) is 27.8 Å². The lowest BCUT2D eigenvalue weighted by Gasteiger charge is -2.09. The first kappa shape index (κ1) is 18.7. The number of aromatic nitrogens is 2. The lowest BCUT2D eigenvalue weighted by Crippen LogP contribution is -2.07. The number of nitrogens with one attached hydrogen (secondary N) is 1. The van der Waals surface area contributed by atoms with E-state index >= 15 is 0 Å². The molecule has 3 rings (SSSR count). The van der Waals surface area contributed by atoms with Crippen LogP contribution >= 0.6 is 0 Å². The van der Waals surface area contributed by atoms with Crippen molar-refractivity contribution >= 4 is 28.6 Å². The Kier molecular flexibility index (Phi) is 5.58. The molecule has 0 saturated heterocycles. The molecule has 7 nitrogen and oxygen atoms in total. The summed E-state index contributed by atoms with van der Waals surface area (Å²) in [6.45, 7) is 1.42. The highest BCUT2D eigenvalue weighted by molar-refractivity contribution is 7.78. The molecule has 138 valence electrons. The molecule has 0 aliphatic rings. The molecule has 1 aromatic carbocycles. The number of carbonyl (C=O) groups is 1. The Labute approximate surface area is 159 Å². The predicted octanol–water partition coefficient (Wildman–Crippen LogP) is 3.07. The fourth-order valence-electron chi connectivity index (χ4n) is 2.61. The normalized spacial score (nSPS) is 11.8. The fraction of sp³-hybridized carbons (Fsp3) is 0.105. The quantitative estimate of drug-likeness (QED) is 0.584. The van der Waals surface area contributed by atoms with Gasteiger partial charge >= 0.3 is 0 Å². The van der Waals surface area contributed by atoms with Gasteiger partial charge in [-0.25, -0.2) is 14.2 Å². The fourth-order valence-corrected chi connectivity index (χ4v) is 3.09. The highest BCUT2D eigenvalue weighted by atomic mass is 32.2. The number of hydrogen-bond acceptors (Lipinski definition) is 5. The van der Waals surface area contributed by atoms with Gasteiger partial charge in [-0.15, -0.1) is 0 Å². The molecule has 4 N–H and O–H groups in total. The Bertz CT molecular complexity index is 989. The Balaban J connectivity index is 1.90. The molecular weight excluding hydrogens is 364 g/mol. The standard InChI is InChI=1S/C19H18N4O3S/c1-12(24)23-18-7-6-15(9-21-18)17-8-16(10-22-19(17)20)14-4-2-13(3-5-14)11-27(25)26/h2-10H,11H2,1H3,(H2,20,22)(H,25,26)(H,21,23,24). The third-order valence-corrected chi connectivity index (χ3v) is 4.45. The topological polar surface area (TPSA) is 118 Å². The highest BCUT2D eigenvalue weighted by Crippen LogP contribution is 2.29.